The lowest BCUT2D eigenvalue weighted by Crippen LogP contribution is -2.19. The fraction of sp³-hybridized carbons (Fsp3) is 0.438. The van der Waals surface area contributed by atoms with Crippen molar-refractivity contribution in [2.45, 2.75) is 33.5 Å². The third-order valence-electron chi connectivity index (χ3n) is 3.26. The molecular formula is C16H23N3O. The maximum absolute atomic E-state index is 5.33. The first-order chi connectivity index (χ1) is 9.69. The molecule has 0 bridgehead atoms. The van der Waals surface area contributed by atoms with Crippen LogP contribution in [0.5, 0.6) is 0 Å². The fourth-order valence-corrected chi connectivity index (χ4v) is 2.17. The smallest absolute Gasteiger partial charge is 0.105 e. The van der Waals surface area contributed by atoms with Crippen LogP contribution in [0.15, 0.2) is 34.9 Å². The molecule has 0 radical (unpaired) electrons. The van der Waals surface area contributed by atoms with Crippen LogP contribution in [0.2, 0.25) is 0 Å². The predicted octanol–water partition coefficient (Wildman–Crippen LogP) is 2.72. The number of hydrogen-bond acceptors (Lipinski definition) is 4. The van der Waals surface area contributed by atoms with Gasteiger partial charge in [-0.2, -0.15) is 0 Å². The van der Waals surface area contributed by atoms with E-state index in [1.165, 1.54) is 5.56 Å². The highest BCUT2D eigenvalue weighted by atomic mass is 16.3. The topological polar surface area (TPSA) is 41.3 Å². The van der Waals surface area contributed by atoms with Crippen LogP contribution in [0.4, 0.5) is 0 Å². The second-order valence-corrected chi connectivity index (χ2v) is 5.07. The number of furan rings is 1. The molecule has 1 N–H and O–H groups in total. The van der Waals surface area contributed by atoms with Crippen molar-refractivity contribution in [1.29, 1.82) is 0 Å². The lowest BCUT2D eigenvalue weighted by molar-refractivity contribution is 0.312. The number of rotatable bonds is 7. The van der Waals surface area contributed by atoms with E-state index >= 15 is 0 Å². The van der Waals surface area contributed by atoms with Gasteiger partial charge in [0.2, 0.25) is 0 Å². The normalized spacial score (nSPS) is 11.2. The molecule has 0 saturated heterocycles. The van der Waals surface area contributed by atoms with Crippen LogP contribution >= 0.6 is 0 Å². The Balaban J connectivity index is 1.93. The number of nitrogens with one attached hydrogen (secondary N) is 1. The van der Waals surface area contributed by atoms with E-state index < -0.39 is 0 Å². The molecule has 4 nitrogen and oxygen atoms in total. The van der Waals surface area contributed by atoms with E-state index in [0.29, 0.717) is 0 Å². The lowest BCUT2D eigenvalue weighted by atomic mass is 10.2. The van der Waals surface area contributed by atoms with E-state index in [4.69, 9.17) is 4.42 Å². The summed E-state index contributed by atoms with van der Waals surface area (Å²) in [5.41, 5.74) is 3.43. The van der Waals surface area contributed by atoms with E-state index in [9.17, 15) is 0 Å². The average molecular weight is 273 g/mol. The minimum absolute atomic E-state index is 0.828. The molecule has 4 heteroatoms. The molecule has 2 rings (SSSR count). The van der Waals surface area contributed by atoms with Gasteiger partial charge in [-0.3, -0.25) is 9.88 Å². The van der Waals surface area contributed by atoms with Crippen LogP contribution in [0.3, 0.4) is 0 Å². The summed E-state index contributed by atoms with van der Waals surface area (Å²) in [7, 11) is 2.10. The van der Waals surface area contributed by atoms with E-state index in [0.717, 1.165) is 43.3 Å². The number of aromatic nitrogens is 1. The zero-order valence-corrected chi connectivity index (χ0v) is 12.5. The zero-order chi connectivity index (χ0) is 14.4. The van der Waals surface area contributed by atoms with Gasteiger partial charge in [0, 0.05) is 25.2 Å². The van der Waals surface area contributed by atoms with Gasteiger partial charge in [-0.1, -0.05) is 13.0 Å². The monoisotopic (exact) mass is 273 g/mol. The molecule has 0 saturated carbocycles. The van der Waals surface area contributed by atoms with Gasteiger partial charge >= 0.3 is 0 Å². The molecule has 0 spiro atoms. The summed E-state index contributed by atoms with van der Waals surface area (Å²) in [6.45, 7) is 7.61. The van der Waals surface area contributed by atoms with Crippen molar-refractivity contribution in [1.82, 2.24) is 15.2 Å². The summed E-state index contributed by atoms with van der Waals surface area (Å²) in [6, 6.07) is 8.24. The average Bonchev–Trinajstić information content (AvgIpc) is 2.82. The van der Waals surface area contributed by atoms with Gasteiger partial charge in [0.15, 0.2) is 0 Å². The summed E-state index contributed by atoms with van der Waals surface area (Å²) in [5.74, 6) is 0.991. The molecule has 0 aliphatic rings. The summed E-state index contributed by atoms with van der Waals surface area (Å²) >= 11 is 0. The van der Waals surface area contributed by atoms with Crippen LogP contribution in [0.25, 0.3) is 0 Å². The Morgan fingerprint density at radius 2 is 2.00 bits per heavy atom. The Morgan fingerprint density at radius 1 is 1.20 bits per heavy atom. The Kier molecular flexibility index (Phi) is 5.32. The van der Waals surface area contributed by atoms with Crippen LogP contribution < -0.4 is 5.32 Å². The highest BCUT2D eigenvalue weighted by Crippen LogP contribution is 2.12. The molecular weight excluding hydrogens is 250 g/mol. The van der Waals surface area contributed by atoms with Crippen molar-refractivity contribution < 1.29 is 4.42 Å². The number of aryl methyl sites for hydroxylation is 1. The van der Waals surface area contributed by atoms with E-state index in [1.807, 2.05) is 13.0 Å². The van der Waals surface area contributed by atoms with Crippen molar-refractivity contribution in [2.24, 2.45) is 0 Å². The molecule has 0 unspecified atom stereocenters. The van der Waals surface area contributed by atoms with Crippen molar-refractivity contribution >= 4 is 0 Å². The SMILES string of the molecule is CCNCc1cccc(CN(C)Cc2ccoc2C)n1. The van der Waals surface area contributed by atoms with Gasteiger partial charge in [-0.05, 0) is 38.7 Å². The van der Waals surface area contributed by atoms with Gasteiger partial charge in [0.05, 0.1) is 17.7 Å². The van der Waals surface area contributed by atoms with Crippen LogP contribution in [0, 0.1) is 6.92 Å². The molecule has 2 heterocycles. The second-order valence-electron chi connectivity index (χ2n) is 5.07. The van der Waals surface area contributed by atoms with Crippen LogP contribution in [-0.2, 0) is 19.6 Å². The van der Waals surface area contributed by atoms with E-state index in [1.54, 1.807) is 6.26 Å². The Bertz CT molecular complexity index is 536. The minimum Gasteiger partial charge on any atom is -0.469 e. The molecule has 0 fully saturated rings. The maximum Gasteiger partial charge on any atom is 0.105 e. The molecule has 108 valence electrons. The summed E-state index contributed by atoms with van der Waals surface area (Å²) in [6.07, 6.45) is 1.74. The van der Waals surface area contributed by atoms with Crippen molar-refractivity contribution in [3.05, 3.63) is 53.2 Å². The molecule has 0 amide bonds. The Labute approximate surface area is 120 Å². The van der Waals surface area contributed by atoms with Crippen LogP contribution in [0.1, 0.15) is 29.6 Å². The van der Waals surface area contributed by atoms with Gasteiger partial charge in [0.1, 0.15) is 5.76 Å². The zero-order valence-electron chi connectivity index (χ0n) is 12.5. The Hall–Kier alpha value is -1.65. The van der Waals surface area contributed by atoms with Gasteiger partial charge in [-0.15, -0.1) is 0 Å². The second kappa shape index (κ2) is 7.22. The fourth-order valence-electron chi connectivity index (χ4n) is 2.17. The van der Waals surface area contributed by atoms with Crippen molar-refractivity contribution in [3.63, 3.8) is 0 Å². The first-order valence-corrected chi connectivity index (χ1v) is 7.06. The van der Waals surface area contributed by atoms with Gasteiger partial charge < -0.3 is 9.73 Å². The minimum atomic E-state index is 0.828. The number of hydrogen-bond donors (Lipinski definition) is 1. The largest absolute Gasteiger partial charge is 0.469 e. The summed E-state index contributed by atoms with van der Waals surface area (Å²) < 4.78 is 5.33. The third-order valence-corrected chi connectivity index (χ3v) is 3.26. The lowest BCUT2D eigenvalue weighted by Gasteiger charge is -2.16. The quantitative estimate of drug-likeness (QED) is 0.842. The highest BCUT2D eigenvalue weighted by molar-refractivity contribution is 5.16. The molecule has 2 aromatic rings. The van der Waals surface area contributed by atoms with E-state index in [-0.39, 0.29) is 0 Å². The molecule has 2 aromatic heterocycles. The summed E-state index contributed by atoms with van der Waals surface area (Å²) in [5, 5.41) is 3.30. The molecule has 0 atom stereocenters. The Morgan fingerprint density at radius 3 is 2.70 bits per heavy atom. The van der Waals surface area contributed by atoms with Gasteiger partial charge in [0.25, 0.3) is 0 Å². The first-order valence-electron chi connectivity index (χ1n) is 7.06. The third kappa shape index (κ3) is 4.18. The van der Waals surface area contributed by atoms with Crippen molar-refractivity contribution in [3.8, 4) is 0 Å². The van der Waals surface area contributed by atoms with E-state index in [2.05, 4.69) is 47.4 Å². The maximum atomic E-state index is 5.33. The van der Waals surface area contributed by atoms with Crippen LogP contribution in [-0.4, -0.2) is 23.5 Å². The molecule has 20 heavy (non-hydrogen) atoms. The first kappa shape index (κ1) is 14.8. The van der Waals surface area contributed by atoms with Gasteiger partial charge in [-0.25, -0.2) is 0 Å². The molecule has 0 aromatic carbocycles. The van der Waals surface area contributed by atoms with Crippen molar-refractivity contribution in [2.75, 3.05) is 13.6 Å². The predicted molar refractivity (Wildman–Crippen MR) is 80.2 cm³/mol. The standard InChI is InChI=1S/C16H23N3O/c1-4-17-10-15-6-5-7-16(18-15)12-19(3)11-14-8-9-20-13(14)2/h5-9,17H,4,10-12H2,1-3H3. The highest BCUT2D eigenvalue weighted by Gasteiger charge is 2.07. The number of pyridine rings is 1. The number of nitrogens with zero attached hydrogens (tertiary/aromatic N) is 2. The molecule has 0 aliphatic carbocycles. The molecule has 0 aliphatic heterocycles. The summed E-state index contributed by atoms with van der Waals surface area (Å²) in [4.78, 5) is 6.92.